The standard InChI is InChI=1S/C13H18N2O3/c1-14-6-7-15(2)11-8-9(4-5-10(11)14)12(16)13(17)18-3/h4-5,8,12,16H,6-7H2,1-3H3. The van der Waals surface area contributed by atoms with E-state index in [1.54, 1.807) is 6.07 Å². The molecular formula is C13H18N2O3. The van der Waals surface area contributed by atoms with E-state index in [0.717, 1.165) is 24.5 Å². The van der Waals surface area contributed by atoms with Crippen LogP contribution in [0.15, 0.2) is 18.2 Å². The van der Waals surface area contributed by atoms with Crippen LogP contribution in [0.4, 0.5) is 11.4 Å². The van der Waals surface area contributed by atoms with E-state index < -0.39 is 12.1 Å². The maximum absolute atomic E-state index is 11.3. The number of nitrogens with zero attached hydrogens (tertiary/aromatic N) is 2. The Morgan fingerprint density at radius 1 is 1.28 bits per heavy atom. The summed E-state index contributed by atoms with van der Waals surface area (Å²) in [6.07, 6.45) is -1.22. The number of fused-ring (bicyclic) bond motifs is 1. The molecule has 0 saturated carbocycles. The Labute approximate surface area is 107 Å². The van der Waals surface area contributed by atoms with Gasteiger partial charge in [0.05, 0.1) is 18.5 Å². The third kappa shape index (κ3) is 2.13. The highest BCUT2D eigenvalue weighted by molar-refractivity contribution is 5.79. The van der Waals surface area contributed by atoms with Gasteiger partial charge in [-0.1, -0.05) is 6.07 Å². The first-order chi connectivity index (χ1) is 8.54. The summed E-state index contributed by atoms with van der Waals surface area (Å²) in [6, 6.07) is 5.52. The number of hydrogen-bond donors (Lipinski definition) is 1. The largest absolute Gasteiger partial charge is 0.467 e. The van der Waals surface area contributed by atoms with Crippen LogP contribution in [0.1, 0.15) is 11.7 Å². The SMILES string of the molecule is COC(=O)C(O)c1ccc2c(c1)N(C)CCN2C. The maximum Gasteiger partial charge on any atom is 0.339 e. The van der Waals surface area contributed by atoms with Crippen LogP contribution >= 0.6 is 0 Å². The van der Waals surface area contributed by atoms with E-state index in [1.807, 2.05) is 26.2 Å². The molecule has 5 nitrogen and oxygen atoms in total. The smallest absolute Gasteiger partial charge is 0.339 e. The Kier molecular flexibility index (Phi) is 3.43. The van der Waals surface area contributed by atoms with E-state index in [0.29, 0.717) is 5.56 Å². The van der Waals surface area contributed by atoms with Gasteiger partial charge in [0.1, 0.15) is 0 Å². The molecule has 18 heavy (non-hydrogen) atoms. The molecule has 1 heterocycles. The first-order valence-electron chi connectivity index (χ1n) is 5.86. The van der Waals surface area contributed by atoms with Crippen LogP contribution < -0.4 is 9.80 Å². The third-order valence-corrected chi connectivity index (χ3v) is 3.33. The first kappa shape index (κ1) is 12.7. The second kappa shape index (κ2) is 4.86. The number of aliphatic hydroxyl groups excluding tert-OH is 1. The summed E-state index contributed by atoms with van der Waals surface area (Å²) in [5.41, 5.74) is 2.68. The van der Waals surface area contributed by atoms with Crippen molar-refractivity contribution in [3.05, 3.63) is 23.8 Å². The fourth-order valence-corrected chi connectivity index (χ4v) is 2.13. The van der Waals surface area contributed by atoms with Crippen molar-refractivity contribution in [3.8, 4) is 0 Å². The fourth-order valence-electron chi connectivity index (χ4n) is 2.13. The molecule has 0 spiro atoms. The Balaban J connectivity index is 2.37. The van der Waals surface area contributed by atoms with Crippen molar-refractivity contribution >= 4 is 17.3 Å². The van der Waals surface area contributed by atoms with Crippen LogP contribution in [0.2, 0.25) is 0 Å². The number of likely N-dealkylation sites (N-methyl/N-ethyl adjacent to an activating group) is 2. The molecule has 5 heteroatoms. The number of benzene rings is 1. The number of esters is 1. The third-order valence-electron chi connectivity index (χ3n) is 3.33. The van der Waals surface area contributed by atoms with Crippen LogP contribution in [0.25, 0.3) is 0 Å². The zero-order chi connectivity index (χ0) is 13.3. The summed E-state index contributed by atoms with van der Waals surface area (Å²) in [5.74, 6) is -0.637. The number of methoxy groups -OCH3 is 1. The second-order valence-corrected chi connectivity index (χ2v) is 4.52. The first-order valence-corrected chi connectivity index (χ1v) is 5.86. The molecule has 0 fully saturated rings. The van der Waals surface area contributed by atoms with Crippen molar-refractivity contribution in [1.29, 1.82) is 0 Å². The topological polar surface area (TPSA) is 53.0 Å². The highest BCUT2D eigenvalue weighted by Crippen LogP contribution is 2.33. The van der Waals surface area contributed by atoms with Crippen LogP contribution in [0.5, 0.6) is 0 Å². The minimum absolute atomic E-state index is 0.558. The molecule has 0 radical (unpaired) electrons. The number of rotatable bonds is 2. The predicted octanol–water partition coefficient (Wildman–Crippen LogP) is 0.779. The van der Waals surface area contributed by atoms with Gasteiger partial charge in [-0.2, -0.15) is 0 Å². The van der Waals surface area contributed by atoms with Gasteiger partial charge in [-0.05, 0) is 17.7 Å². The summed E-state index contributed by atoms with van der Waals surface area (Å²) < 4.78 is 4.55. The molecule has 0 aliphatic carbocycles. The molecule has 0 amide bonds. The molecule has 0 bridgehead atoms. The lowest BCUT2D eigenvalue weighted by Gasteiger charge is -2.35. The van der Waals surface area contributed by atoms with E-state index in [9.17, 15) is 9.90 Å². The van der Waals surface area contributed by atoms with Gasteiger partial charge in [0.15, 0.2) is 6.10 Å². The van der Waals surface area contributed by atoms with E-state index in [2.05, 4.69) is 14.5 Å². The fraction of sp³-hybridized carbons (Fsp3) is 0.462. The van der Waals surface area contributed by atoms with Gasteiger partial charge in [-0.25, -0.2) is 4.79 Å². The number of aliphatic hydroxyl groups is 1. The van der Waals surface area contributed by atoms with Crippen LogP contribution in [0, 0.1) is 0 Å². The van der Waals surface area contributed by atoms with Gasteiger partial charge < -0.3 is 19.6 Å². The molecular weight excluding hydrogens is 232 g/mol. The van der Waals surface area contributed by atoms with Crippen LogP contribution in [-0.4, -0.2) is 45.4 Å². The van der Waals surface area contributed by atoms with Gasteiger partial charge in [-0.3, -0.25) is 0 Å². The molecule has 0 aromatic heterocycles. The van der Waals surface area contributed by atoms with E-state index in [-0.39, 0.29) is 0 Å². The zero-order valence-electron chi connectivity index (χ0n) is 10.9. The van der Waals surface area contributed by atoms with Gasteiger partial charge in [0, 0.05) is 27.2 Å². The average Bonchev–Trinajstić information content (AvgIpc) is 2.41. The molecule has 1 atom stereocenters. The molecule has 1 aromatic carbocycles. The summed E-state index contributed by atoms with van der Waals surface area (Å²) in [7, 11) is 5.30. The van der Waals surface area contributed by atoms with E-state index in [4.69, 9.17) is 0 Å². The number of ether oxygens (including phenoxy) is 1. The van der Waals surface area contributed by atoms with Gasteiger partial charge in [-0.15, -0.1) is 0 Å². The molecule has 1 N–H and O–H groups in total. The van der Waals surface area contributed by atoms with Gasteiger partial charge >= 0.3 is 5.97 Å². The molecule has 98 valence electrons. The average molecular weight is 250 g/mol. The summed E-state index contributed by atoms with van der Waals surface area (Å²) in [4.78, 5) is 15.6. The quantitative estimate of drug-likeness (QED) is 0.786. The second-order valence-electron chi connectivity index (χ2n) is 4.52. The number of carbonyl (C=O) groups is 1. The minimum atomic E-state index is -1.22. The molecule has 1 unspecified atom stereocenters. The van der Waals surface area contributed by atoms with E-state index in [1.165, 1.54) is 7.11 Å². The monoisotopic (exact) mass is 250 g/mol. The lowest BCUT2D eigenvalue weighted by atomic mass is 10.1. The number of carbonyl (C=O) groups excluding carboxylic acids is 1. The highest BCUT2D eigenvalue weighted by Gasteiger charge is 2.22. The van der Waals surface area contributed by atoms with Gasteiger partial charge in [0.2, 0.25) is 0 Å². The van der Waals surface area contributed by atoms with Crippen molar-refractivity contribution < 1.29 is 14.6 Å². The highest BCUT2D eigenvalue weighted by atomic mass is 16.5. The Morgan fingerprint density at radius 3 is 2.50 bits per heavy atom. The minimum Gasteiger partial charge on any atom is -0.467 e. The number of hydrogen-bond acceptors (Lipinski definition) is 5. The van der Waals surface area contributed by atoms with Gasteiger partial charge in [0.25, 0.3) is 0 Å². The molecule has 1 aliphatic heterocycles. The molecule has 2 rings (SSSR count). The Hall–Kier alpha value is -1.75. The Bertz CT molecular complexity index is 462. The van der Waals surface area contributed by atoms with Crippen molar-refractivity contribution in [1.82, 2.24) is 0 Å². The van der Waals surface area contributed by atoms with E-state index >= 15 is 0 Å². The van der Waals surface area contributed by atoms with Crippen molar-refractivity contribution in [2.75, 3.05) is 44.1 Å². The molecule has 0 saturated heterocycles. The van der Waals surface area contributed by atoms with Crippen molar-refractivity contribution in [2.24, 2.45) is 0 Å². The van der Waals surface area contributed by atoms with Crippen LogP contribution in [0.3, 0.4) is 0 Å². The summed E-state index contributed by atoms with van der Waals surface area (Å²) in [5, 5.41) is 9.84. The van der Waals surface area contributed by atoms with Crippen LogP contribution in [-0.2, 0) is 9.53 Å². The van der Waals surface area contributed by atoms with Crippen molar-refractivity contribution in [3.63, 3.8) is 0 Å². The summed E-state index contributed by atoms with van der Waals surface area (Å²) >= 11 is 0. The molecule has 1 aromatic rings. The summed E-state index contributed by atoms with van der Waals surface area (Å²) in [6.45, 7) is 1.88. The Morgan fingerprint density at radius 2 is 1.89 bits per heavy atom. The van der Waals surface area contributed by atoms with Crippen molar-refractivity contribution in [2.45, 2.75) is 6.10 Å². The number of anilines is 2. The molecule has 1 aliphatic rings. The maximum atomic E-state index is 11.3. The lowest BCUT2D eigenvalue weighted by Crippen LogP contribution is -2.36. The normalized spacial score (nSPS) is 16.2. The lowest BCUT2D eigenvalue weighted by molar-refractivity contribution is -0.150. The predicted molar refractivity (Wildman–Crippen MR) is 70.0 cm³/mol. The zero-order valence-corrected chi connectivity index (χ0v) is 10.9.